The fourth-order valence-electron chi connectivity index (χ4n) is 2.20. The fourth-order valence-corrected chi connectivity index (χ4v) is 2.20. The van der Waals surface area contributed by atoms with Crippen molar-refractivity contribution < 1.29 is 0 Å². The van der Waals surface area contributed by atoms with Crippen molar-refractivity contribution in [1.29, 1.82) is 0 Å². The van der Waals surface area contributed by atoms with Gasteiger partial charge in [0.25, 0.3) is 0 Å². The Bertz CT molecular complexity index is 607. The van der Waals surface area contributed by atoms with E-state index in [9.17, 15) is 0 Å². The Morgan fingerprint density at radius 2 is 1.70 bits per heavy atom. The zero-order chi connectivity index (χ0) is 14.7. The Morgan fingerprint density at radius 1 is 1.00 bits per heavy atom. The Kier molecular flexibility index (Phi) is 4.47. The van der Waals surface area contributed by atoms with Gasteiger partial charge in [0.1, 0.15) is 0 Å². The molecule has 0 fully saturated rings. The van der Waals surface area contributed by atoms with Gasteiger partial charge in [0.15, 0.2) is 0 Å². The second-order valence-electron chi connectivity index (χ2n) is 5.38. The third-order valence-corrected chi connectivity index (χ3v) is 3.61. The van der Waals surface area contributed by atoms with Gasteiger partial charge in [-0.2, -0.15) is 0 Å². The molecule has 0 aromatic carbocycles. The Labute approximate surface area is 120 Å². The van der Waals surface area contributed by atoms with E-state index in [1.807, 2.05) is 25.4 Å². The molecule has 0 aliphatic heterocycles. The average Bonchev–Trinajstić information content (AvgIpc) is 2.38. The molecule has 0 unspecified atom stereocenters. The minimum absolute atomic E-state index is 0.626. The minimum atomic E-state index is 0.626. The molecule has 0 spiro atoms. The molecule has 4 heteroatoms. The molecule has 0 saturated carbocycles. The van der Waals surface area contributed by atoms with Gasteiger partial charge >= 0.3 is 0 Å². The van der Waals surface area contributed by atoms with Gasteiger partial charge in [0.05, 0.1) is 24.5 Å². The molecule has 2 aromatic rings. The maximum atomic E-state index is 6.12. The number of rotatable bonds is 4. The number of hydrogen-bond donors (Lipinski definition) is 1. The maximum absolute atomic E-state index is 6.12. The number of pyridine rings is 2. The van der Waals surface area contributed by atoms with Crippen molar-refractivity contribution in [1.82, 2.24) is 15.0 Å². The van der Waals surface area contributed by atoms with Crippen molar-refractivity contribution in [3.05, 3.63) is 58.2 Å². The van der Waals surface area contributed by atoms with Crippen molar-refractivity contribution in [3.8, 4) is 0 Å². The van der Waals surface area contributed by atoms with E-state index in [2.05, 4.69) is 36.8 Å². The number of hydrogen-bond acceptors (Lipinski definition) is 4. The van der Waals surface area contributed by atoms with Crippen molar-refractivity contribution in [2.45, 2.75) is 40.8 Å². The van der Waals surface area contributed by atoms with Gasteiger partial charge in [-0.1, -0.05) is 6.07 Å². The zero-order valence-corrected chi connectivity index (χ0v) is 12.6. The van der Waals surface area contributed by atoms with Gasteiger partial charge in [-0.05, 0) is 56.0 Å². The predicted octanol–water partition coefficient (Wildman–Crippen LogP) is 2.59. The summed E-state index contributed by atoms with van der Waals surface area (Å²) >= 11 is 0. The van der Waals surface area contributed by atoms with E-state index < -0.39 is 0 Å². The van der Waals surface area contributed by atoms with Crippen LogP contribution in [-0.4, -0.2) is 15.0 Å². The maximum Gasteiger partial charge on any atom is 0.0590 e. The van der Waals surface area contributed by atoms with Crippen LogP contribution in [0, 0.1) is 27.7 Å². The molecule has 0 aliphatic carbocycles. The highest BCUT2D eigenvalue weighted by Crippen LogP contribution is 2.13. The summed E-state index contributed by atoms with van der Waals surface area (Å²) in [6.07, 6.45) is 3.72. The quantitative estimate of drug-likeness (QED) is 0.685. The van der Waals surface area contributed by atoms with Gasteiger partial charge in [0.2, 0.25) is 0 Å². The fraction of sp³-hybridized carbons (Fsp3) is 0.375. The second-order valence-corrected chi connectivity index (χ2v) is 5.38. The van der Waals surface area contributed by atoms with Crippen molar-refractivity contribution >= 4 is 0 Å². The molecule has 2 N–H and O–H groups in total. The largest absolute Gasteiger partial charge is 0.268 e. The summed E-state index contributed by atoms with van der Waals surface area (Å²) in [5, 5.41) is 1.76. The summed E-state index contributed by atoms with van der Waals surface area (Å²) in [4.78, 5) is 8.87. The lowest BCUT2D eigenvalue weighted by Crippen LogP contribution is -2.31. The van der Waals surface area contributed by atoms with Crippen LogP contribution in [0.4, 0.5) is 0 Å². The third kappa shape index (κ3) is 3.40. The van der Waals surface area contributed by atoms with Crippen LogP contribution in [-0.2, 0) is 13.1 Å². The van der Waals surface area contributed by atoms with E-state index >= 15 is 0 Å². The van der Waals surface area contributed by atoms with E-state index in [0.717, 1.165) is 11.4 Å². The van der Waals surface area contributed by atoms with E-state index in [1.54, 1.807) is 5.01 Å². The molecule has 0 amide bonds. The first-order chi connectivity index (χ1) is 9.47. The predicted molar refractivity (Wildman–Crippen MR) is 80.9 cm³/mol. The molecule has 0 bridgehead atoms. The number of aryl methyl sites for hydroxylation is 3. The first-order valence-corrected chi connectivity index (χ1v) is 6.80. The zero-order valence-electron chi connectivity index (χ0n) is 12.6. The molecule has 0 radical (unpaired) electrons. The third-order valence-electron chi connectivity index (χ3n) is 3.61. The van der Waals surface area contributed by atoms with Crippen LogP contribution in [0.3, 0.4) is 0 Å². The number of hydrazine groups is 1. The number of aromatic nitrogens is 2. The molecule has 2 rings (SSSR count). The molecule has 20 heavy (non-hydrogen) atoms. The summed E-state index contributed by atoms with van der Waals surface area (Å²) in [7, 11) is 0. The lowest BCUT2D eigenvalue weighted by atomic mass is 10.1. The van der Waals surface area contributed by atoms with Gasteiger partial charge < -0.3 is 0 Å². The van der Waals surface area contributed by atoms with Crippen molar-refractivity contribution in [2.24, 2.45) is 5.84 Å². The Hall–Kier alpha value is -1.78. The molecule has 0 aliphatic rings. The molecule has 106 valence electrons. The monoisotopic (exact) mass is 270 g/mol. The smallest absolute Gasteiger partial charge is 0.0590 e. The molecule has 4 nitrogen and oxygen atoms in total. The molecule has 2 aromatic heterocycles. The highest BCUT2D eigenvalue weighted by atomic mass is 15.4. The Morgan fingerprint density at radius 3 is 2.40 bits per heavy atom. The van der Waals surface area contributed by atoms with Crippen LogP contribution < -0.4 is 5.84 Å². The molecular formula is C16H22N4. The standard InChI is InChI=1S/C16H22N4/c1-11-7-13(3)15(19-8-11)9-20(17)10-16-14(4)12(2)5-6-18-16/h5-8H,9-10,17H2,1-4H3. The SMILES string of the molecule is Cc1cnc(CN(N)Cc2nccc(C)c2C)c(C)c1. The number of nitrogens with two attached hydrogens (primary N) is 1. The van der Waals surface area contributed by atoms with Crippen molar-refractivity contribution in [2.75, 3.05) is 0 Å². The molecule has 0 atom stereocenters. The lowest BCUT2D eigenvalue weighted by Gasteiger charge is -2.18. The van der Waals surface area contributed by atoms with E-state index in [4.69, 9.17) is 5.84 Å². The van der Waals surface area contributed by atoms with Crippen LogP contribution in [0.2, 0.25) is 0 Å². The Balaban J connectivity index is 2.09. The topological polar surface area (TPSA) is 55.0 Å². The van der Waals surface area contributed by atoms with Crippen LogP contribution in [0.5, 0.6) is 0 Å². The summed E-state index contributed by atoms with van der Waals surface area (Å²) in [6, 6.07) is 4.15. The van der Waals surface area contributed by atoms with Gasteiger partial charge in [-0.3, -0.25) is 15.8 Å². The lowest BCUT2D eigenvalue weighted by molar-refractivity contribution is 0.258. The number of nitrogens with zero attached hydrogens (tertiary/aromatic N) is 3. The van der Waals surface area contributed by atoms with Gasteiger partial charge in [-0.15, -0.1) is 0 Å². The van der Waals surface area contributed by atoms with Crippen LogP contribution >= 0.6 is 0 Å². The first kappa shape index (κ1) is 14.6. The van der Waals surface area contributed by atoms with E-state index in [-0.39, 0.29) is 0 Å². The summed E-state index contributed by atoms with van der Waals surface area (Å²) in [5.74, 6) is 6.12. The summed E-state index contributed by atoms with van der Waals surface area (Å²) in [6.45, 7) is 9.54. The highest BCUT2D eigenvalue weighted by molar-refractivity contribution is 5.27. The highest BCUT2D eigenvalue weighted by Gasteiger charge is 2.09. The molecule has 0 saturated heterocycles. The van der Waals surface area contributed by atoms with Crippen LogP contribution in [0.25, 0.3) is 0 Å². The minimum Gasteiger partial charge on any atom is -0.268 e. The molecular weight excluding hydrogens is 248 g/mol. The van der Waals surface area contributed by atoms with Crippen LogP contribution in [0.1, 0.15) is 33.6 Å². The average molecular weight is 270 g/mol. The van der Waals surface area contributed by atoms with Crippen LogP contribution in [0.15, 0.2) is 24.5 Å². The second kappa shape index (κ2) is 6.11. The summed E-state index contributed by atoms with van der Waals surface area (Å²) in [5.41, 5.74) is 6.84. The van der Waals surface area contributed by atoms with Gasteiger partial charge in [0, 0.05) is 12.4 Å². The van der Waals surface area contributed by atoms with Gasteiger partial charge in [-0.25, -0.2) is 5.01 Å². The first-order valence-electron chi connectivity index (χ1n) is 6.80. The normalized spacial score (nSPS) is 11.1. The van der Waals surface area contributed by atoms with Crippen molar-refractivity contribution in [3.63, 3.8) is 0 Å². The summed E-state index contributed by atoms with van der Waals surface area (Å²) < 4.78 is 0. The van der Waals surface area contributed by atoms with E-state index in [1.165, 1.54) is 22.3 Å². The van der Waals surface area contributed by atoms with E-state index in [0.29, 0.717) is 13.1 Å². The molecule has 2 heterocycles.